The van der Waals surface area contributed by atoms with Gasteiger partial charge in [0.2, 0.25) is 0 Å². The molecule has 0 aliphatic carbocycles. The summed E-state index contributed by atoms with van der Waals surface area (Å²) in [6.45, 7) is 4.68. The van der Waals surface area contributed by atoms with Crippen LogP contribution in [0.2, 0.25) is 0 Å². The van der Waals surface area contributed by atoms with Gasteiger partial charge in [0.1, 0.15) is 5.75 Å². The molecular formula is C20H24N4OS. The predicted molar refractivity (Wildman–Crippen MR) is 110 cm³/mol. The number of para-hydroxylation sites is 1. The van der Waals surface area contributed by atoms with E-state index >= 15 is 0 Å². The van der Waals surface area contributed by atoms with Crippen molar-refractivity contribution in [3.05, 3.63) is 53.5 Å². The predicted octanol–water partition coefficient (Wildman–Crippen LogP) is 4.44. The van der Waals surface area contributed by atoms with Crippen molar-refractivity contribution in [2.24, 2.45) is 10.7 Å². The zero-order valence-electron chi connectivity index (χ0n) is 15.1. The second-order valence-electron chi connectivity index (χ2n) is 6.26. The van der Waals surface area contributed by atoms with E-state index < -0.39 is 0 Å². The van der Waals surface area contributed by atoms with Gasteiger partial charge in [-0.25, -0.2) is 4.98 Å². The molecule has 0 saturated carbocycles. The van der Waals surface area contributed by atoms with Crippen molar-refractivity contribution in [2.75, 3.05) is 11.9 Å². The summed E-state index contributed by atoms with van der Waals surface area (Å²) < 4.78 is 6.86. The Kier molecular flexibility index (Phi) is 6.07. The van der Waals surface area contributed by atoms with Gasteiger partial charge in [-0.3, -0.25) is 4.99 Å². The maximum atomic E-state index is 5.96. The van der Waals surface area contributed by atoms with Crippen LogP contribution in [-0.2, 0) is 6.42 Å². The van der Waals surface area contributed by atoms with Gasteiger partial charge in [-0.15, -0.1) is 11.3 Å². The van der Waals surface area contributed by atoms with Crippen LogP contribution in [0.15, 0.2) is 53.5 Å². The van der Waals surface area contributed by atoms with Crippen molar-refractivity contribution in [2.45, 2.75) is 32.8 Å². The number of ether oxygens (including phenoxy) is 1. The van der Waals surface area contributed by atoms with Crippen LogP contribution >= 0.6 is 11.3 Å². The topological polar surface area (TPSA) is 72.5 Å². The average molecular weight is 369 g/mol. The molecule has 0 aliphatic rings. The quantitative estimate of drug-likeness (QED) is 0.367. The number of benzene rings is 2. The first-order valence-corrected chi connectivity index (χ1v) is 9.60. The summed E-state index contributed by atoms with van der Waals surface area (Å²) in [5.74, 6) is 1.27. The molecule has 1 heterocycles. The summed E-state index contributed by atoms with van der Waals surface area (Å²) in [6, 6.07) is 15.9. The molecule has 5 nitrogen and oxygen atoms in total. The van der Waals surface area contributed by atoms with Crippen molar-refractivity contribution in [1.82, 2.24) is 4.98 Å². The SMILES string of the molecule is CC(C)Oc1ccc(NC(N)=NCCCc2nc3ccccc3s2)cc1. The number of anilines is 1. The van der Waals surface area contributed by atoms with Gasteiger partial charge in [-0.2, -0.15) is 0 Å². The van der Waals surface area contributed by atoms with Gasteiger partial charge < -0.3 is 15.8 Å². The van der Waals surface area contributed by atoms with Crippen LogP contribution in [0.25, 0.3) is 10.2 Å². The number of aliphatic imine (C=N–C) groups is 1. The summed E-state index contributed by atoms with van der Waals surface area (Å²) in [5, 5.41) is 4.25. The normalized spacial score (nSPS) is 11.9. The number of fused-ring (bicyclic) bond motifs is 1. The molecule has 3 N–H and O–H groups in total. The first-order chi connectivity index (χ1) is 12.6. The highest BCUT2D eigenvalue weighted by atomic mass is 32.1. The summed E-state index contributed by atoms with van der Waals surface area (Å²) in [4.78, 5) is 9.03. The van der Waals surface area contributed by atoms with Crippen LogP contribution in [0.4, 0.5) is 5.69 Å². The molecule has 0 saturated heterocycles. The second kappa shape index (κ2) is 8.67. The lowest BCUT2D eigenvalue weighted by Crippen LogP contribution is -2.22. The minimum atomic E-state index is 0.163. The van der Waals surface area contributed by atoms with Gasteiger partial charge in [0.05, 0.1) is 21.3 Å². The molecule has 0 spiro atoms. The molecular weight excluding hydrogens is 344 g/mol. The molecule has 3 rings (SSSR count). The minimum absolute atomic E-state index is 0.163. The Bertz CT molecular complexity index is 838. The van der Waals surface area contributed by atoms with Crippen LogP contribution in [0, 0.1) is 0 Å². The van der Waals surface area contributed by atoms with E-state index in [4.69, 9.17) is 10.5 Å². The lowest BCUT2D eigenvalue weighted by Gasteiger charge is -2.10. The second-order valence-corrected chi connectivity index (χ2v) is 7.38. The first kappa shape index (κ1) is 18.2. The number of rotatable bonds is 7. The number of nitrogens with zero attached hydrogens (tertiary/aromatic N) is 2. The zero-order valence-corrected chi connectivity index (χ0v) is 15.9. The largest absolute Gasteiger partial charge is 0.491 e. The third-order valence-electron chi connectivity index (χ3n) is 3.67. The summed E-state index contributed by atoms with van der Waals surface area (Å²) in [6.07, 6.45) is 2.00. The van der Waals surface area contributed by atoms with Crippen molar-refractivity contribution in [3.63, 3.8) is 0 Å². The Morgan fingerprint density at radius 1 is 1.19 bits per heavy atom. The summed E-state index contributed by atoms with van der Waals surface area (Å²) >= 11 is 1.75. The van der Waals surface area contributed by atoms with Crippen LogP contribution in [0.3, 0.4) is 0 Å². The zero-order chi connectivity index (χ0) is 18.4. The number of thiazole rings is 1. The molecule has 0 bridgehead atoms. The average Bonchev–Trinajstić information content (AvgIpc) is 3.03. The standard InChI is InChI=1S/C20H24N4OS/c1-14(2)25-16-11-9-15(10-12-16)23-20(21)22-13-5-8-19-24-17-6-3-4-7-18(17)26-19/h3-4,6-7,9-12,14H,5,8,13H2,1-2H3,(H3,21,22,23). The fourth-order valence-electron chi connectivity index (χ4n) is 2.53. The molecule has 1 aromatic heterocycles. The number of aryl methyl sites for hydroxylation is 1. The maximum Gasteiger partial charge on any atom is 0.193 e. The molecule has 0 aliphatic heterocycles. The fourth-order valence-corrected chi connectivity index (χ4v) is 3.54. The van der Waals surface area contributed by atoms with Gasteiger partial charge in [-0.1, -0.05) is 12.1 Å². The Morgan fingerprint density at radius 2 is 1.96 bits per heavy atom. The van der Waals surface area contributed by atoms with Crippen molar-refractivity contribution in [3.8, 4) is 5.75 Å². The van der Waals surface area contributed by atoms with E-state index in [0.717, 1.165) is 34.8 Å². The Morgan fingerprint density at radius 3 is 2.69 bits per heavy atom. The van der Waals surface area contributed by atoms with Gasteiger partial charge >= 0.3 is 0 Å². The van der Waals surface area contributed by atoms with Gasteiger partial charge in [-0.05, 0) is 56.7 Å². The van der Waals surface area contributed by atoms with E-state index in [9.17, 15) is 0 Å². The lowest BCUT2D eigenvalue weighted by molar-refractivity contribution is 0.242. The molecule has 0 fully saturated rings. The van der Waals surface area contributed by atoms with Gasteiger partial charge in [0, 0.05) is 18.7 Å². The van der Waals surface area contributed by atoms with Crippen molar-refractivity contribution in [1.29, 1.82) is 0 Å². The highest BCUT2D eigenvalue weighted by molar-refractivity contribution is 7.18. The number of aromatic nitrogens is 1. The number of nitrogens with one attached hydrogen (secondary N) is 1. The van der Waals surface area contributed by atoms with E-state index in [0.29, 0.717) is 12.5 Å². The Labute approximate surface area is 157 Å². The van der Waals surface area contributed by atoms with Crippen molar-refractivity contribution < 1.29 is 4.74 Å². The van der Waals surface area contributed by atoms with E-state index in [1.54, 1.807) is 11.3 Å². The minimum Gasteiger partial charge on any atom is -0.491 e. The van der Waals surface area contributed by atoms with E-state index in [1.165, 1.54) is 4.70 Å². The Hall–Kier alpha value is -2.60. The van der Waals surface area contributed by atoms with Gasteiger partial charge in [0.25, 0.3) is 0 Å². The third kappa shape index (κ3) is 5.20. The monoisotopic (exact) mass is 368 g/mol. The molecule has 136 valence electrons. The number of hydrogen-bond acceptors (Lipinski definition) is 4. The molecule has 0 amide bonds. The smallest absolute Gasteiger partial charge is 0.193 e. The summed E-state index contributed by atoms with van der Waals surface area (Å²) in [5.41, 5.74) is 7.93. The van der Waals surface area contributed by atoms with E-state index in [1.807, 2.05) is 56.3 Å². The molecule has 0 unspecified atom stereocenters. The molecule has 2 aromatic carbocycles. The van der Waals surface area contributed by atoms with Crippen LogP contribution in [0.5, 0.6) is 5.75 Å². The molecule has 3 aromatic rings. The number of hydrogen-bond donors (Lipinski definition) is 2. The number of guanidine groups is 1. The van der Waals surface area contributed by atoms with E-state index in [-0.39, 0.29) is 6.10 Å². The Balaban J connectivity index is 1.46. The molecule has 0 atom stereocenters. The fraction of sp³-hybridized carbons (Fsp3) is 0.300. The molecule has 0 radical (unpaired) electrons. The van der Waals surface area contributed by atoms with Crippen LogP contribution < -0.4 is 15.8 Å². The van der Waals surface area contributed by atoms with E-state index in [2.05, 4.69) is 21.4 Å². The summed E-state index contributed by atoms with van der Waals surface area (Å²) in [7, 11) is 0. The lowest BCUT2D eigenvalue weighted by atomic mass is 10.3. The highest BCUT2D eigenvalue weighted by Gasteiger charge is 2.03. The van der Waals surface area contributed by atoms with Gasteiger partial charge in [0.15, 0.2) is 5.96 Å². The highest BCUT2D eigenvalue weighted by Crippen LogP contribution is 2.22. The molecule has 26 heavy (non-hydrogen) atoms. The van der Waals surface area contributed by atoms with Crippen LogP contribution in [-0.4, -0.2) is 23.6 Å². The van der Waals surface area contributed by atoms with Crippen molar-refractivity contribution >= 4 is 33.2 Å². The third-order valence-corrected chi connectivity index (χ3v) is 4.76. The number of nitrogens with two attached hydrogens (primary N) is 1. The molecule has 6 heteroatoms. The maximum absolute atomic E-state index is 5.96. The van der Waals surface area contributed by atoms with Crippen LogP contribution in [0.1, 0.15) is 25.3 Å². The first-order valence-electron chi connectivity index (χ1n) is 8.78.